The Morgan fingerprint density at radius 3 is 2.14 bits per heavy atom. The number of carbonyl (C=O) groups is 2. The molecule has 1 atom stereocenters. The predicted molar refractivity (Wildman–Crippen MR) is 162 cm³/mol. The number of nitro benzene ring substituents is 1. The SMILES string of the molecule is Cc1ccc(/C(O)=C2\C(=O)C(=O)N(c3ncc(S(=O)(=O)c4ccc([N+](=O)[O-])cc4)s3)[C@H]2c2ccc(C(C)(C)C)cc2)cc1. The summed E-state index contributed by atoms with van der Waals surface area (Å²) in [6.07, 6.45) is 1.08. The molecule has 4 aromatic rings. The zero-order valence-electron chi connectivity index (χ0n) is 23.6. The summed E-state index contributed by atoms with van der Waals surface area (Å²) in [6, 6.07) is 17.5. The van der Waals surface area contributed by atoms with Crippen molar-refractivity contribution in [2.75, 3.05) is 4.90 Å². The quantitative estimate of drug-likeness (QED) is 0.0895. The molecule has 43 heavy (non-hydrogen) atoms. The molecule has 0 radical (unpaired) electrons. The van der Waals surface area contributed by atoms with Crippen LogP contribution in [0.25, 0.3) is 5.76 Å². The predicted octanol–water partition coefficient (Wildman–Crippen LogP) is 6.12. The summed E-state index contributed by atoms with van der Waals surface area (Å²) in [5, 5.41) is 22.3. The third-order valence-electron chi connectivity index (χ3n) is 7.16. The van der Waals surface area contributed by atoms with Gasteiger partial charge in [0, 0.05) is 17.7 Å². The summed E-state index contributed by atoms with van der Waals surface area (Å²) in [5.41, 5.74) is 2.24. The minimum atomic E-state index is -4.15. The van der Waals surface area contributed by atoms with Crippen LogP contribution in [0.4, 0.5) is 10.8 Å². The molecule has 1 aliphatic rings. The fraction of sp³-hybridized carbons (Fsp3) is 0.194. The van der Waals surface area contributed by atoms with Gasteiger partial charge in [-0.15, -0.1) is 0 Å². The minimum absolute atomic E-state index is 0.0598. The van der Waals surface area contributed by atoms with E-state index in [-0.39, 0.29) is 36.7 Å². The highest BCUT2D eigenvalue weighted by atomic mass is 32.2. The Kier molecular flexibility index (Phi) is 7.53. The van der Waals surface area contributed by atoms with E-state index < -0.39 is 32.5 Å². The lowest BCUT2D eigenvalue weighted by atomic mass is 9.85. The van der Waals surface area contributed by atoms with Crippen molar-refractivity contribution in [3.05, 3.63) is 117 Å². The zero-order valence-corrected chi connectivity index (χ0v) is 25.3. The van der Waals surface area contributed by atoms with Crippen LogP contribution in [0.15, 0.2) is 93.7 Å². The van der Waals surface area contributed by atoms with Gasteiger partial charge in [-0.2, -0.15) is 0 Å². The van der Waals surface area contributed by atoms with E-state index >= 15 is 0 Å². The van der Waals surface area contributed by atoms with Gasteiger partial charge in [0.25, 0.3) is 11.5 Å². The second-order valence-electron chi connectivity index (χ2n) is 11.1. The van der Waals surface area contributed by atoms with Crippen molar-refractivity contribution in [3.8, 4) is 0 Å². The van der Waals surface area contributed by atoms with E-state index in [1.165, 1.54) is 0 Å². The molecule has 3 aromatic carbocycles. The molecule has 1 amide bonds. The minimum Gasteiger partial charge on any atom is -0.507 e. The van der Waals surface area contributed by atoms with Crippen molar-refractivity contribution in [2.45, 2.75) is 48.3 Å². The smallest absolute Gasteiger partial charge is 0.301 e. The summed E-state index contributed by atoms with van der Waals surface area (Å²) < 4.78 is 26.5. The fourth-order valence-corrected chi connectivity index (χ4v) is 7.27. The van der Waals surface area contributed by atoms with Crippen molar-refractivity contribution >= 4 is 49.4 Å². The van der Waals surface area contributed by atoms with E-state index in [0.717, 1.165) is 46.5 Å². The van der Waals surface area contributed by atoms with Crippen LogP contribution >= 0.6 is 11.3 Å². The molecule has 1 aromatic heterocycles. The number of aliphatic hydroxyl groups is 1. The first-order valence-corrected chi connectivity index (χ1v) is 15.4. The van der Waals surface area contributed by atoms with Crippen molar-refractivity contribution in [1.82, 2.24) is 4.98 Å². The molecule has 1 saturated heterocycles. The Morgan fingerprint density at radius 2 is 1.58 bits per heavy atom. The van der Waals surface area contributed by atoms with E-state index in [2.05, 4.69) is 4.98 Å². The largest absolute Gasteiger partial charge is 0.507 e. The maximum absolute atomic E-state index is 13.5. The van der Waals surface area contributed by atoms with Gasteiger partial charge in [-0.25, -0.2) is 13.4 Å². The number of aromatic nitrogens is 1. The number of sulfone groups is 1. The highest BCUT2D eigenvalue weighted by Gasteiger charge is 2.48. The third kappa shape index (κ3) is 5.46. The van der Waals surface area contributed by atoms with E-state index in [9.17, 15) is 33.2 Å². The Morgan fingerprint density at radius 1 is 0.977 bits per heavy atom. The molecule has 1 fully saturated rings. The molecule has 220 valence electrons. The number of benzene rings is 3. The Balaban J connectivity index is 1.63. The van der Waals surface area contributed by atoms with Gasteiger partial charge < -0.3 is 5.11 Å². The number of amides is 1. The van der Waals surface area contributed by atoms with Crippen molar-refractivity contribution < 1.29 is 28.0 Å². The molecule has 0 spiro atoms. The van der Waals surface area contributed by atoms with Crippen LogP contribution in [-0.4, -0.2) is 35.1 Å². The first kappa shape index (κ1) is 29.8. The van der Waals surface area contributed by atoms with Gasteiger partial charge in [0.15, 0.2) is 5.13 Å². The number of thiazole rings is 1. The summed E-state index contributed by atoms with van der Waals surface area (Å²) in [7, 11) is -4.15. The lowest BCUT2D eigenvalue weighted by Crippen LogP contribution is -2.29. The number of non-ortho nitro benzene ring substituents is 1. The molecule has 2 heterocycles. The first-order chi connectivity index (χ1) is 20.2. The molecular weight excluding hydrogens is 590 g/mol. The van der Waals surface area contributed by atoms with Crippen LogP contribution in [0.3, 0.4) is 0 Å². The van der Waals surface area contributed by atoms with Crippen molar-refractivity contribution in [1.29, 1.82) is 0 Å². The van der Waals surface area contributed by atoms with Crippen LogP contribution in [0.1, 0.15) is 49.1 Å². The summed E-state index contributed by atoms with van der Waals surface area (Å²) in [6.45, 7) is 8.03. The average Bonchev–Trinajstić information content (AvgIpc) is 3.56. The van der Waals surface area contributed by atoms with E-state index in [4.69, 9.17) is 0 Å². The van der Waals surface area contributed by atoms with Crippen molar-refractivity contribution in [2.24, 2.45) is 0 Å². The van der Waals surface area contributed by atoms with E-state index in [1.807, 2.05) is 39.8 Å². The standard InChI is InChI=1S/C31H27N3O7S2/c1-18-5-7-20(8-6-18)27(35)25-26(19-9-11-21(12-10-19)31(2,3)4)33(29(37)28(25)36)30-32-17-24(42-30)43(40,41)23-15-13-22(14-16-23)34(38)39/h5-17,26,35H,1-4H3/b27-25+/t26-/m0/s1. The van der Waals surface area contributed by atoms with Crippen LogP contribution in [-0.2, 0) is 24.8 Å². The topological polar surface area (TPSA) is 148 Å². The number of aryl methyl sites for hydroxylation is 1. The maximum atomic E-state index is 13.5. The number of nitrogens with zero attached hydrogens (tertiary/aromatic N) is 3. The van der Waals surface area contributed by atoms with Gasteiger partial charge in [0.2, 0.25) is 9.84 Å². The molecular formula is C31H27N3O7S2. The molecule has 0 bridgehead atoms. The number of nitro groups is 1. The van der Waals surface area contributed by atoms with Gasteiger partial charge in [-0.05, 0) is 35.6 Å². The number of rotatable bonds is 6. The van der Waals surface area contributed by atoms with Gasteiger partial charge in [-0.1, -0.05) is 86.2 Å². The average molecular weight is 618 g/mol. The highest BCUT2D eigenvalue weighted by Crippen LogP contribution is 2.44. The number of hydrogen-bond acceptors (Lipinski definition) is 9. The van der Waals surface area contributed by atoms with Gasteiger partial charge in [-0.3, -0.25) is 24.6 Å². The first-order valence-electron chi connectivity index (χ1n) is 13.1. The van der Waals surface area contributed by atoms with Gasteiger partial charge in [0.05, 0.1) is 27.6 Å². The van der Waals surface area contributed by atoms with Crippen LogP contribution in [0.2, 0.25) is 0 Å². The lowest BCUT2D eigenvalue weighted by Gasteiger charge is -2.24. The molecule has 12 heteroatoms. The van der Waals surface area contributed by atoms with E-state index in [0.29, 0.717) is 22.5 Å². The molecule has 1 aliphatic heterocycles. The Labute approximate surface area is 252 Å². The van der Waals surface area contributed by atoms with E-state index in [1.54, 1.807) is 36.4 Å². The van der Waals surface area contributed by atoms with Gasteiger partial charge >= 0.3 is 5.91 Å². The van der Waals surface area contributed by atoms with Gasteiger partial charge in [0.1, 0.15) is 9.97 Å². The second-order valence-corrected chi connectivity index (χ2v) is 14.3. The number of hydrogen-bond donors (Lipinski definition) is 1. The number of anilines is 1. The molecule has 10 nitrogen and oxygen atoms in total. The Hall–Kier alpha value is -4.68. The normalized spacial score (nSPS) is 16.9. The highest BCUT2D eigenvalue weighted by molar-refractivity contribution is 7.93. The molecule has 0 aliphatic carbocycles. The number of carbonyl (C=O) groups excluding carboxylic acids is 2. The Bertz CT molecular complexity index is 1890. The summed E-state index contributed by atoms with van der Waals surface area (Å²) in [4.78, 5) is 42.5. The number of Topliss-reactive ketones (excluding diaryl/α,β-unsaturated/α-hetero) is 1. The third-order valence-corrected chi connectivity index (χ3v) is 10.4. The number of aliphatic hydroxyl groups excluding tert-OH is 1. The monoisotopic (exact) mass is 617 g/mol. The summed E-state index contributed by atoms with van der Waals surface area (Å²) in [5.74, 6) is -2.26. The maximum Gasteiger partial charge on any atom is 0.301 e. The fourth-order valence-electron chi connectivity index (χ4n) is 4.73. The molecule has 0 saturated carbocycles. The molecule has 0 unspecified atom stereocenters. The van der Waals surface area contributed by atoms with Crippen LogP contribution < -0.4 is 4.90 Å². The van der Waals surface area contributed by atoms with Crippen molar-refractivity contribution in [3.63, 3.8) is 0 Å². The second kappa shape index (κ2) is 10.9. The molecule has 5 rings (SSSR count). The lowest BCUT2D eigenvalue weighted by molar-refractivity contribution is -0.384. The van der Waals surface area contributed by atoms with Crippen LogP contribution in [0, 0.1) is 17.0 Å². The van der Waals surface area contributed by atoms with Crippen LogP contribution in [0.5, 0.6) is 0 Å². The zero-order chi connectivity index (χ0) is 31.3. The summed E-state index contributed by atoms with van der Waals surface area (Å²) >= 11 is 0.681. The molecule has 1 N–H and O–H groups in total. The number of ketones is 1.